The van der Waals surface area contributed by atoms with Gasteiger partial charge in [-0.05, 0) is 46.0 Å². The predicted molar refractivity (Wildman–Crippen MR) is 115 cm³/mol. The van der Waals surface area contributed by atoms with E-state index in [0.29, 0.717) is 17.7 Å². The number of esters is 1. The molecule has 1 aliphatic rings. The number of benzene rings is 1. The fraction of sp³-hybridized carbons (Fsp3) is 0.455. The Morgan fingerprint density at radius 1 is 1.26 bits per heavy atom. The summed E-state index contributed by atoms with van der Waals surface area (Å²) in [6.07, 6.45) is 3.39. The molecule has 1 aliphatic heterocycles. The van der Waals surface area contributed by atoms with Crippen LogP contribution in [0.2, 0.25) is 0 Å². The smallest absolute Gasteiger partial charge is 0.361 e. The van der Waals surface area contributed by atoms with E-state index in [1.807, 2.05) is 24.3 Å². The van der Waals surface area contributed by atoms with Crippen LogP contribution in [0.15, 0.2) is 35.1 Å². The van der Waals surface area contributed by atoms with E-state index in [4.69, 9.17) is 14.0 Å². The van der Waals surface area contributed by atoms with Crippen molar-refractivity contribution >= 4 is 22.9 Å². The van der Waals surface area contributed by atoms with E-state index in [-0.39, 0.29) is 24.1 Å². The molecule has 0 unspecified atom stereocenters. The number of hydrogen-bond donors (Lipinski definition) is 0. The van der Waals surface area contributed by atoms with E-state index in [1.165, 1.54) is 6.33 Å². The number of anilines is 1. The summed E-state index contributed by atoms with van der Waals surface area (Å²) in [5.41, 5.74) is 1.40. The number of piperidine rings is 1. The number of carbonyl (C=O) groups is 1. The van der Waals surface area contributed by atoms with Crippen molar-refractivity contribution in [1.29, 1.82) is 0 Å². The zero-order chi connectivity index (χ0) is 21.8. The summed E-state index contributed by atoms with van der Waals surface area (Å²) in [4.78, 5) is 25.8. The third kappa shape index (κ3) is 4.32. The van der Waals surface area contributed by atoms with Crippen molar-refractivity contribution in [3.8, 4) is 5.75 Å². The maximum absolute atomic E-state index is 12.5. The lowest BCUT2D eigenvalue weighted by Gasteiger charge is -2.38. The van der Waals surface area contributed by atoms with Gasteiger partial charge in [0.1, 0.15) is 23.3 Å². The first-order valence-corrected chi connectivity index (χ1v) is 10.5. The van der Waals surface area contributed by atoms with E-state index in [2.05, 4.69) is 32.0 Å². The number of hydrogen-bond acceptors (Lipinski definition) is 9. The predicted octanol–water partition coefficient (Wildman–Crippen LogP) is 2.90. The van der Waals surface area contributed by atoms with Crippen LogP contribution >= 0.6 is 0 Å². The standard InChI is InChI=1S/C22H27N5O4/c1-4-30-22(28)19-18-20(23-14-24-21(18)31-25-19)27(16-9-11-26(2)12-10-16)13-15-7-5-6-8-17(15)29-3/h5-8,14,16H,4,9-13H2,1-3H3. The summed E-state index contributed by atoms with van der Waals surface area (Å²) in [6, 6.07) is 8.15. The first kappa shape index (κ1) is 21.0. The number of ether oxygens (including phenoxy) is 2. The van der Waals surface area contributed by atoms with Gasteiger partial charge in [-0.15, -0.1) is 0 Å². The lowest BCUT2D eigenvalue weighted by Crippen LogP contribution is -2.44. The van der Waals surface area contributed by atoms with E-state index in [1.54, 1.807) is 14.0 Å². The van der Waals surface area contributed by atoms with Crippen molar-refractivity contribution in [2.24, 2.45) is 0 Å². The molecular weight excluding hydrogens is 398 g/mol. The average molecular weight is 425 g/mol. The molecule has 0 aliphatic carbocycles. The highest BCUT2D eigenvalue weighted by molar-refractivity contribution is 6.04. The SMILES string of the molecule is CCOC(=O)c1noc2ncnc(N(Cc3ccccc3OC)C3CCN(C)CC3)c12. The van der Waals surface area contributed by atoms with Crippen molar-refractivity contribution in [2.75, 3.05) is 38.8 Å². The van der Waals surface area contributed by atoms with Crippen molar-refractivity contribution in [3.05, 3.63) is 41.9 Å². The molecule has 0 radical (unpaired) electrons. The Bertz CT molecular complexity index is 1050. The first-order chi connectivity index (χ1) is 15.1. The Balaban J connectivity index is 1.80. The number of likely N-dealkylation sites (tertiary alicyclic amines) is 1. The number of nitrogens with zero attached hydrogens (tertiary/aromatic N) is 5. The van der Waals surface area contributed by atoms with Crippen LogP contribution in [0.1, 0.15) is 35.8 Å². The second-order valence-electron chi connectivity index (χ2n) is 7.60. The molecule has 164 valence electrons. The molecule has 3 heterocycles. The summed E-state index contributed by atoms with van der Waals surface area (Å²) in [6.45, 7) is 4.53. The van der Waals surface area contributed by atoms with Gasteiger partial charge in [0.2, 0.25) is 5.69 Å². The quantitative estimate of drug-likeness (QED) is 0.530. The zero-order valence-electron chi connectivity index (χ0n) is 18.1. The minimum absolute atomic E-state index is 0.102. The molecule has 31 heavy (non-hydrogen) atoms. The molecule has 3 aromatic rings. The fourth-order valence-corrected chi connectivity index (χ4v) is 4.03. The minimum Gasteiger partial charge on any atom is -0.496 e. The van der Waals surface area contributed by atoms with Crippen LogP contribution in [-0.2, 0) is 11.3 Å². The Morgan fingerprint density at radius 2 is 2.03 bits per heavy atom. The van der Waals surface area contributed by atoms with Crippen LogP contribution in [0.4, 0.5) is 5.82 Å². The Labute approximate surface area is 180 Å². The highest BCUT2D eigenvalue weighted by Gasteiger charge is 2.30. The second kappa shape index (κ2) is 9.30. The molecule has 1 saturated heterocycles. The van der Waals surface area contributed by atoms with Gasteiger partial charge in [-0.1, -0.05) is 23.4 Å². The maximum Gasteiger partial charge on any atom is 0.361 e. The van der Waals surface area contributed by atoms with E-state index >= 15 is 0 Å². The third-order valence-corrected chi connectivity index (χ3v) is 5.66. The largest absolute Gasteiger partial charge is 0.496 e. The van der Waals surface area contributed by atoms with Gasteiger partial charge in [0.05, 0.1) is 13.7 Å². The normalized spacial score (nSPS) is 15.2. The topological polar surface area (TPSA) is 93.8 Å². The highest BCUT2D eigenvalue weighted by Crippen LogP contribution is 2.33. The second-order valence-corrected chi connectivity index (χ2v) is 7.60. The number of methoxy groups -OCH3 is 1. The van der Waals surface area contributed by atoms with Gasteiger partial charge in [-0.2, -0.15) is 4.98 Å². The summed E-state index contributed by atoms with van der Waals surface area (Å²) in [7, 11) is 3.79. The molecule has 2 aromatic heterocycles. The van der Waals surface area contributed by atoms with E-state index in [0.717, 1.165) is 37.2 Å². The van der Waals surface area contributed by atoms with Gasteiger partial charge in [0.15, 0.2) is 0 Å². The van der Waals surface area contributed by atoms with Gasteiger partial charge in [0.25, 0.3) is 5.71 Å². The molecule has 9 heteroatoms. The molecule has 0 N–H and O–H groups in total. The molecule has 0 bridgehead atoms. The number of para-hydroxylation sites is 1. The molecular formula is C22H27N5O4. The Hall–Kier alpha value is -3.20. The van der Waals surface area contributed by atoms with Gasteiger partial charge in [-0.3, -0.25) is 0 Å². The fourth-order valence-electron chi connectivity index (χ4n) is 4.03. The van der Waals surface area contributed by atoms with Crippen molar-refractivity contribution in [1.82, 2.24) is 20.0 Å². The van der Waals surface area contributed by atoms with Crippen molar-refractivity contribution in [3.63, 3.8) is 0 Å². The molecule has 1 aromatic carbocycles. The van der Waals surface area contributed by atoms with Crippen LogP contribution in [0.3, 0.4) is 0 Å². The Morgan fingerprint density at radius 3 is 2.77 bits per heavy atom. The molecule has 0 amide bonds. The van der Waals surface area contributed by atoms with Crippen LogP contribution in [0.25, 0.3) is 11.1 Å². The van der Waals surface area contributed by atoms with E-state index < -0.39 is 5.97 Å². The number of carbonyl (C=O) groups excluding carboxylic acids is 1. The van der Waals surface area contributed by atoms with Crippen molar-refractivity contribution in [2.45, 2.75) is 32.4 Å². The Kier molecular flexibility index (Phi) is 6.31. The lowest BCUT2D eigenvalue weighted by molar-refractivity contribution is 0.0517. The van der Waals surface area contributed by atoms with Gasteiger partial charge < -0.3 is 23.8 Å². The minimum atomic E-state index is -0.544. The van der Waals surface area contributed by atoms with Crippen molar-refractivity contribution < 1.29 is 18.8 Å². The summed E-state index contributed by atoms with van der Waals surface area (Å²) >= 11 is 0. The molecule has 4 rings (SSSR count). The summed E-state index contributed by atoms with van der Waals surface area (Å²) < 4.78 is 16.1. The van der Waals surface area contributed by atoms with Gasteiger partial charge in [-0.25, -0.2) is 9.78 Å². The van der Waals surface area contributed by atoms with Crippen LogP contribution < -0.4 is 9.64 Å². The zero-order valence-corrected chi connectivity index (χ0v) is 18.1. The average Bonchev–Trinajstić information content (AvgIpc) is 3.23. The third-order valence-electron chi connectivity index (χ3n) is 5.66. The number of aromatic nitrogens is 3. The molecule has 0 spiro atoms. The lowest BCUT2D eigenvalue weighted by atomic mass is 10.0. The van der Waals surface area contributed by atoms with E-state index in [9.17, 15) is 4.79 Å². The van der Waals surface area contributed by atoms with Crippen LogP contribution in [0, 0.1) is 0 Å². The van der Waals surface area contributed by atoms with Crippen LogP contribution in [-0.4, -0.2) is 65.9 Å². The number of fused-ring (bicyclic) bond motifs is 1. The molecule has 0 atom stereocenters. The first-order valence-electron chi connectivity index (χ1n) is 10.5. The summed E-state index contributed by atoms with van der Waals surface area (Å²) in [5, 5.41) is 4.42. The summed E-state index contributed by atoms with van der Waals surface area (Å²) in [5.74, 6) is 0.884. The molecule has 9 nitrogen and oxygen atoms in total. The number of rotatable bonds is 7. The molecule has 0 saturated carbocycles. The maximum atomic E-state index is 12.5. The van der Waals surface area contributed by atoms with Crippen LogP contribution in [0.5, 0.6) is 5.75 Å². The molecule has 1 fully saturated rings. The van der Waals surface area contributed by atoms with Gasteiger partial charge >= 0.3 is 5.97 Å². The van der Waals surface area contributed by atoms with Gasteiger partial charge in [0, 0.05) is 18.2 Å². The highest BCUT2D eigenvalue weighted by atomic mass is 16.5. The monoisotopic (exact) mass is 425 g/mol.